The molecule has 0 spiro atoms. The third-order valence-electron chi connectivity index (χ3n) is 3.42. The first kappa shape index (κ1) is 19.4. The number of alkyl halides is 3. The highest BCUT2D eigenvalue weighted by atomic mass is 32.2. The second kappa shape index (κ2) is 8.95. The van der Waals surface area contributed by atoms with Crippen molar-refractivity contribution in [1.82, 2.24) is 20.1 Å². The highest BCUT2D eigenvalue weighted by Crippen LogP contribution is 2.30. The highest BCUT2D eigenvalue weighted by molar-refractivity contribution is 7.99. The van der Waals surface area contributed by atoms with Crippen molar-refractivity contribution in [3.05, 3.63) is 29.8 Å². The van der Waals surface area contributed by atoms with Gasteiger partial charge in [0.15, 0.2) is 5.16 Å². The highest BCUT2D eigenvalue weighted by Gasteiger charge is 2.30. The third-order valence-corrected chi connectivity index (χ3v) is 4.52. The van der Waals surface area contributed by atoms with Gasteiger partial charge in [0, 0.05) is 31.6 Å². The van der Waals surface area contributed by atoms with Gasteiger partial charge in [0.1, 0.15) is 0 Å². The lowest BCUT2D eigenvalue weighted by atomic mass is 10.2. The molecule has 1 aromatic heterocycles. The average molecular weight is 374 g/mol. The van der Waals surface area contributed by atoms with Crippen LogP contribution in [0.15, 0.2) is 29.4 Å². The maximum atomic E-state index is 12.6. The Kier molecular flexibility index (Phi) is 6.94. The molecule has 0 saturated heterocycles. The standard InChI is InChI=1S/C15H21F3N6S/c1-24-13(19)22-23-14(24)25-9-3-6-20-7-8-21-12-5-2-4-11(10-12)15(16,17)18/h2,4-5,10,20-21H,3,6-9H2,1H3,(H2,19,22). The Morgan fingerprint density at radius 3 is 2.68 bits per heavy atom. The van der Waals surface area contributed by atoms with Gasteiger partial charge in [-0.3, -0.25) is 4.57 Å². The summed E-state index contributed by atoms with van der Waals surface area (Å²) in [6.45, 7) is 2.02. The normalized spacial score (nSPS) is 11.7. The fourth-order valence-corrected chi connectivity index (χ4v) is 2.90. The predicted molar refractivity (Wildman–Crippen MR) is 93.6 cm³/mol. The molecule has 0 unspecified atom stereocenters. The number of hydrogen-bond acceptors (Lipinski definition) is 6. The number of benzene rings is 1. The fourth-order valence-electron chi connectivity index (χ4n) is 2.04. The SMILES string of the molecule is Cn1c(N)nnc1SCCCNCCNc1cccc(C(F)(F)F)c1. The van der Waals surface area contributed by atoms with Crippen molar-refractivity contribution in [3.63, 3.8) is 0 Å². The van der Waals surface area contributed by atoms with E-state index in [4.69, 9.17) is 5.73 Å². The van der Waals surface area contributed by atoms with Gasteiger partial charge in [0.05, 0.1) is 5.56 Å². The zero-order valence-electron chi connectivity index (χ0n) is 13.8. The molecule has 0 aliphatic carbocycles. The lowest BCUT2D eigenvalue weighted by Crippen LogP contribution is -2.23. The minimum atomic E-state index is -4.32. The van der Waals surface area contributed by atoms with Gasteiger partial charge in [-0.1, -0.05) is 17.8 Å². The Balaban J connectivity index is 1.57. The fraction of sp³-hybridized carbons (Fsp3) is 0.467. The number of thioether (sulfide) groups is 1. The van der Waals surface area contributed by atoms with Gasteiger partial charge in [-0.05, 0) is 31.2 Å². The van der Waals surface area contributed by atoms with Gasteiger partial charge >= 0.3 is 6.18 Å². The molecule has 1 heterocycles. The van der Waals surface area contributed by atoms with Crippen molar-refractivity contribution < 1.29 is 13.2 Å². The molecule has 0 aliphatic rings. The number of hydrogen-bond donors (Lipinski definition) is 3. The van der Waals surface area contributed by atoms with Gasteiger partial charge in [0.2, 0.25) is 5.95 Å². The Morgan fingerprint density at radius 2 is 2.00 bits per heavy atom. The molecule has 0 saturated carbocycles. The maximum Gasteiger partial charge on any atom is 0.416 e. The van der Waals surface area contributed by atoms with E-state index in [0.29, 0.717) is 24.7 Å². The predicted octanol–water partition coefficient (Wildman–Crippen LogP) is 2.60. The van der Waals surface area contributed by atoms with Crippen LogP contribution < -0.4 is 16.4 Å². The number of nitrogens with zero attached hydrogens (tertiary/aromatic N) is 3. The van der Waals surface area contributed by atoms with Gasteiger partial charge in [-0.25, -0.2) is 0 Å². The van der Waals surface area contributed by atoms with Crippen molar-refractivity contribution in [3.8, 4) is 0 Å². The van der Waals surface area contributed by atoms with Crippen LogP contribution in [0.2, 0.25) is 0 Å². The molecule has 0 radical (unpaired) electrons. The molecule has 6 nitrogen and oxygen atoms in total. The molecule has 25 heavy (non-hydrogen) atoms. The van der Waals surface area contributed by atoms with Crippen molar-refractivity contribution in [2.75, 3.05) is 36.4 Å². The Bertz CT molecular complexity index is 674. The zero-order chi connectivity index (χ0) is 18.3. The number of nitrogens with one attached hydrogen (secondary N) is 2. The average Bonchev–Trinajstić information content (AvgIpc) is 2.89. The number of rotatable bonds is 9. The largest absolute Gasteiger partial charge is 0.416 e. The summed E-state index contributed by atoms with van der Waals surface area (Å²) in [4.78, 5) is 0. The van der Waals surface area contributed by atoms with Crippen molar-refractivity contribution in [2.45, 2.75) is 17.8 Å². The topological polar surface area (TPSA) is 80.8 Å². The van der Waals surface area contributed by atoms with Crippen LogP contribution in [0, 0.1) is 0 Å². The second-order valence-corrected chi connectivity index (χ2v) is 6.42. The van der Waals surface area contributed by atoms with Crippen molar-refractivity contribution in [1.29, 1.82) is 0 Å². The number of nitrogens with two attached hydrogens (primary N) is 1. The van der Waals surface area contributed by atoms with Crippen LogP contribution in [-0.4, -0.2) is 40.2 Å². The molecule has 10 heteroatoms. The number of halogens is 3. The van der Waals surface area contributed by atoms with Crippen LogP contribution >= 0.6 is 11.8 Å². The van der Waals surface area contributed by atoms with Gasteiger partial charge < -0.3 is 16.4 Å². The van der Waals surface area contributed by atoms with Crippen LogP contribution in [0.3, 0.4) is 0 Å². The molecule has 0 bridgehead atoms. The first-order valence-corrected chi connectivity index (χ1v) is 8.76. The van der Waals surface area contributed by atoms with E-state index < -0.39 is 11.7 Å². The molecule has 2 aromatic rings. The monoisotopic (exact) mass is 374 g/mol. The number of anilines is 2. The second-order valence-electron chi connectivity index (χ2n) is 5.36. The molecular weight excluding hydrogens is 353 g/mol. The summed E-state index contributed by atoms with van der Waals surface area (Å²) in [7, 11) is 1.81. The van der Waals surface area contributed by atoms with Crippen LogP contribution in [0.5, 0.6) is 0 Å². The van der Waals surface area contributed by atoms with E-state index in [-0.39, 0.29) is 0 Å². The molecule has 0 aliphatic heterocycles. The molecular formula is C15H21F3N6S. The smallest absolute Gasteiger partial charge is 0.384 e. The minimum absolute atomic E-state index is 0.390. The summed E-state index contributed by atoms with van der Waals surface area (Å²) in [6, 6.07) is 5.20. The number of nitrogen functional groups attached to an aromatic ring is 1. The van der Waals surface area contributed by atoms with E-state index in [1.165, 1.54) is 6.07 Å². The van der Waals surface area contributed by atoms with E-state index in [9.17, 15) is 13.2 Å². The summed E-state index contributed by atoms with van der Waals surface area (Å²) < 4.78 is 39.6. The maximum absolute atomic E-state index is 12.6. The van der Waals surface area contributed by atoms with Gasteiger partial charge in [0.25, 0.3) is 0 Å². The molecule has 0 amide bonds. The number of aromatic nitrogens is 3. The van der Waals surface area contributed by atoms with Gasteiger partial charge in [-0.15, -0.1) is 10.2 Å². The Hall–Kier alpha value is -1.94. The summed E-state index contributed by atoms with van der Waals surface area (Å²) in [5, 5.41) is 14.7. The molecule has 0 fully saturated rings. The zero-order valence-corrected chi connectivity index (χ0v) is 14.6. The lowest BCUT2D eigenvalue weighted by Gasteiger charge is -2.11. The molecule has 0 atom stereocenters. The van der Waals surface area contributed by atoms with Crippen molar-refractivity contribution >= 4 is 23.4 Å². The van der Waals surface area contributed by atoms with E-state index in [2.05, 4.69) is 20.8 Å². The third kappa shape index (κ3) is 6.13. The summed E-state index contributed by atoms with van der Waals surface area (Å²) in [6.07, 6.45) is -3.39. The molecule has 1 aromatic carbocycles. The van der Waals surface area contributed by atoms with E-state index >= 15 is 0 Å². The van der Waals surface area contributed by atoms with Crippen LogP contribution in [0.1, 0.15) is 12.0 Å². The lowest BCUT2D eigenvalue weighted by molar-refractivity contribution is -0.137. The summed E-state index contributed by atoms with van der Waals surface area (Å²) in [5.41, 5.74) is 5.42. The first-order chi connectivity index (χ1) is 11.9. The van der Waals surface area contributed by atoms with Crippen LogP contribution in [0.4, 0.5) is 24.8 Å². The van der Waals surface area contributed by atoms with Crippen LogP contribution in [0.25, 0.3) is 0 Å². The first-order valence-electron chi connectivity index (χ1n) is 7.77. The van der Waals surface area contributed by atoms with Crippen molar-refractivity contribution in [2.24, 2.45) is 7.05 Å². The molecule has 4 N–H and O–H groups in total. The molecule has 2 rings (SSSR count). The minimum Gasteiger partial charge on any atom is -0.384 e. The summed E-state index contributed by atoms with van der Waals surface area (Å²) >= 11 is 1.58. The Labute approximate surface area is 148 Å². The van der Waals surface area contributed by atoms with Crippen LogP contribution in [-0.2, 0) is 13.2 Å². The van der Waals surface area contributed by atoms with E-state index in [1.54, 1.807) is 22.4 Å². The quantitative estimate of drug-likeness (QED) is 0.462. The Morgan fingerprint density at radius 1 is 1.20 bits per heavy atom. The van der Waals surface area contributed by atoms with E-state index in [1.807, 2.05) is 7.05 Å². The molecule has 138 valence electrons. The van der Waals surface area contributed by atoms with E-state index in [0.717, 1.165) is 36.0 Å². The van der Waals surface area contributed by atoms with Gasteiger partial charge in [-0.2, -0.15) is 13.2 Å². The summed E-state index contributed by atoms with van der Waals surface area (Å²) in [5.74, 6) is 1.27.